The first-order valence-electron chi connectivity index (χ1n) is 7.74. The van der Waals surface area contributed by atoms with Gasteiger partial charge in [0, 0.05) is 16.1 Å². The van der Waals surface area contributed by atoms with Crippen LogP contribution in [0.2, 0.25) is 5.02 Å². The zero-order valence-electron chi connectivity index (χ0n) is 13.3. The molecule has 128 valence electrons. The number of halogens is 1. The largest absolute Gasteiger partial charge is 0.333 e. The minimum absolute atomic E-state index is 0.192. The Morgan fingerprint density at radius 3 is 2.58 bits per heavy atom. The molecule has 2 aromatic carbocycles. The van der Waals surface area contributed by atoms with E-state index in [0.717, 1.165) is 5.56 Å². The maximum Gasteiger partial charge on any atom is 0.270 e. The zero-order valence-corrected chi connectivity index (χ0v) is 14.9. The molecule has 0 saturated carbocycles. The average molecular weight is 382 g/mol. The first-order chi connectivity index (χ1) is 12.7. The topological polar surface area (TPSA) is 68.0 Å². The van der Waals surface area contributed by atoms with Gasteiger partial charge in [-0.1, -0.05) is 35.0 Å². The Hall–Kier alpha value is -2.96. The van der Waals surface area contributed by atoms with E-state index in [0.29, 0.717) is 32.9 Å². The number of hydrogen-bond donors (Lipinski definition) is 1. The van der Waals surface area contributed by atoms with Gasteiger partial charge in [0.15, 0.2) is 0 Å². The van der Waals surface area contributed by atoms with E-state index >= 15 is 0 Å². The minimum atomic E-state index is -0.192. The summed E-state index contributed by atoms with van der Waals surface area (Å²) in [5.74, 6) is 0.626. The summed E-state index contributed by atoms with van der Waals surface area (Å²) in [6.07, 6.45) is 0. The van der Waals surface area contributed by atoms with Crippen LogP contribution in [0.3, 0.4) is 0 Å². The lowest BCUT2D eigenvalue weighted by molar-refractivity contribution is 0.102. The molecule has 4 rings (SSSR count). The smallest absolute Gasteiger partial charge is 0.270 e. The van der Waals surface area contributed by atoms with Crippen molar-refractivity contribution >= 4 is 34.5 Å². The molecule has 0 aliphatic carbocycles. The maximum absolute atomic E-state index is 12.4. The van der Waals surface area contributed by atoms with Crippen molar-refractivity contribution in [3.8, 4) is 22.2 Å². The van der Waals surface area contributed by atoms with Gasteiger partial charge >= 0.3 is 0 Å². The van der Waals surface area contributed by atoms with Gasteiger partial charge in [-0.15, -0.1) is 11.3 Å². The molecule has 0 radical (unpaired) electrons. The first-order valence-corrected chi connectivity index (χ1v) is 9.00. The van der Waals surface area contributed by atoms with Crippen molar-refractivity contribution < 1.29 is 9.32 Å². The van der Waals surface area contributed by atoms with E-state index in [4.69, 9.17) is 16.1 Å². The highest BCUT2D eigenvalue weighted by Crippen LogP contribution is 2.34. The summed E-state index contributed by atoms with van der Waals surface area (Å²) in [7, 11) is 0. The molecule has 0 atom stereocenters. The van der Waals surface area contributed by atoms with Crippen LogP contribution in [0.5, 0.6) is 0 Å². The summed E-state index contributed by atoms with van der Waals surface area (Å²) in [6.45, 7) is 0. The van der Waals surface area contributed by atoms with Crippen molar-refractivity contribution in [2.75, 3.05) is 5.32 Å². The van der Waals surface area contributed by atoms with Gasteiger partial charge in [0.05, 0.1) is 5.69 Å². The fourth-order valence-corrected chi connectivity index (χ4v) is 3.29. The fraction of sp³-hybridized carbons (Fsp3) is 0. The van der Waals surface area contributed by atoms with Crippen LogP contribution in [0.4, 0.5) is 5.69 Å². The van der Waals surface area contributed by atoms with Crippen LogP contribution in [0.25, 0.3) is 22.2 Å². The molecule has 1 amide bonds. The van der Waals surface area contributed by atoms with Crippen LogP contribution in [-0.4, -0.2) is 16.0 Å². The van der Waals surface area contributed by atoms with E-state index in [9.17, 15) is 4.79 Å². The van der Waals surface area contributed by atoms with Gasteiger partial charge in [0.25, 0.3) is 11.8 Å². The monoisotopic (exact) mass is 381 g/mol. The van der Waals surface area contributed by atoms with Crippen molar-refractivity contribution in [1.29, 1.82) is 0 Å². The number of anilines is 1. The van der Waals surface area contributed by atoms with Crippen LogP contribution in [0, 0.1) is 0 Å². The number of carbonyl (C=O) groups excluding carboxylic acids is 1. The third-order valence-electron chi connectivity index (χ3n) is 3.67. The summed E-state index contributed by atoms with van der Waals surface area (Å²) >= 11 is 7.32. The highest BCUT2D eigenvalue weighted by Gasteiger charge is 2.17. The second kappa shape index (κ2) is 7.11. The number of nitrogens with one attached hydrogen (secondary N) is 1. The van der Waals surface area contributed by atoms with Gasteiger partial charge in [0.2, 0.25) is 5.82 Å². The molecule has 0 spiro atoms. The predicted octanol–water partition coefficient (Wildman–Crippen LogP) is 5.37. The van der Waals surface area contributed by atoms with Crippen LogP contribution >= 0.6 is 22.9 Å². The summed E-state index contributed by atoms with van der Waals surface area (Å²) < 4.78 is 5.39. The second-order valence-electron chi connectivity index (χ2n) is 5.41. The lowest BCUT2D eigenvalue weighted by atomic mass is 10.2. The molecule has 0 bridgehead atoms. The summed E-state index contributed by atoms with van der Waals surface area (Å²) in [6, 6.07) is 18.0. The maximum atomic E-state index is 12.4. The van der Waals surface area contributed by atoms with Crippen LogP contribution in [-0.2, 0) is 0 Å². The van der Waals surface area contributed by atoms with E-state index in [1.807, 2.05) is 41.8 Å². The Kier molecular flexibility index (Phi) is 4.51. The quantitative estimate of drug-likeness (QED) is 0.516. The molecule has 0 aliphatic rings. The van der Waals surface area contributed by atoms with Gasteiger partial charge in [0.1, 0.15) is 4.88 Å². The third-order valence-corrected chi connectivity index (χ3v) is 4.83. The van der Waals surface area contributed by atoms with Crippen molar-refractivity contribution in [2.24, 2.45) is 0 Å². The molecule has 7 heteroatoms. The highest BCUT2D eigenvalue weighted by molar-refractivity contribution is 7.14. The van der Waals surface area contributed by atoms with Crippen LogP contribution in [0.15, 0.2) is 70.6 Å². The van der Waals surface area contributed by atoms with Gasteiger partial charge in [-0.05, 0) is 47.8 Å². The Labute approximate surface area is 158 Å². The number of carbonyl (C=O) groups is 1. The van der Waals surface area contributed by atoms with Gasteiger partial charge < -0.3 is 9.84 Å². The summed E-state index contributed by atoms with van der Waals surface area (Å²) in [5, 5.41) is 9.41. The standard InChI is InChI=1S/C19H12ClN3O2S/c20-14-8-6-12(7-9-14)17-22-19(25-23-17)16-15(10-11-26-16)21-18(24)13-4-2-1-3-5-13/h1-11H,(H,21,24). The van der Waals surface area contributed by atoms with E-state index in [1.54, 1.807) is 24.3 Å². The molecule has 26 heavy (non-hydrogen) atoms. The fourth-order valence-electron chi connectivity index (χ4n) is 2.39. The number of hydrogen-bond acceptors (Lipinski definition) is 5. The number of nitrogens with zero attached hydrogens (tertiary/aromatic N) is 2. The average Bonchev–Trinajstić information content (AvgIpc) is 3.32. The van der Waals surface area contributed by atoms with Crippen LogP contribution < -0.4 is 5.32 Å². The van der Waals surface area contributed by atoms with Crippen molar-refractivity contribution in [1.82, 2.24) is 10.1 Å². The van der Waals surface area contributed by atoms with E-state index < -0.39 is 0 Å². The molecule has 2 heterocycles. The first kappa shape index (κ1) is 16.5. The molecule has 2 aromatic heterocycles. The Balaban J connectivity index is 1.59. The lowest BCUT2D eigenvalue weighted by Crippen LogP contribution is -2.11. The highest BCUT2D eigenvalue weighted by atomic mass is 35.5. The molecular formula is C19H12ClN3O2S. The lowest BCUT2D eigenvalue weighted by Gasteiger charge is -2.04. The van der Waals surface area contributed by atoms with Crippen molar-refractivity contribution in [3.05, 3.63) is 76.6 Å². The Morgan fingerprint density at radius 2 is 1.81 bits per heavy atom. The van der Waals surface area contributed by atoms with Gasteiger partial charge in [-0.3, -0.25) is 4.79 Å². The molecule has 5 nitrogen and oxygen atoms in total. The molecule has 0 aliphatic heterocycles. The van der Waals surface area contributed by atoms with Crippen LogP contribution in [0.1, 0.15) is 10.4 Å². The zero-order chi connectivity index (χ0) is 17.9. The number of thiophene rings is 1. The molecule has 1 N–H and O–H groups in total. The normalized spacial score (nSPS) is 10.7. The van der Waals surface area contributed by atoms with Crippen molar-refractivity contribution in [3.63, 3.8) is 0 Å². The number of rotatable bonds is 4. The third kappa shape index (κ3) is 3.37. The van der Waals surface area contributed by atoms with E-state index in [-0.39, 0.29) is 5.91 Å². The number of aromatic nitrogens is 2. The molecule has 0 saturated heterocycles. The molecule has 0 fully saturated rings. The van der Waals surface area contributed by atoms with Crippen molar-refractivity contribution in [2.45, 2.75) is 0 Å². The second-order valence-corrected chi connectivity index (χ2v) is 6.77. The Bertz CT molecular complexity index is 1040. The van der Waals surface area contributed by atoms with E-state index in [1.165, 1.54) is 11.3 Å². The SMILES string of the molecule is O=C(Nc1ccsc1-c1nc(-c2ccc(Cl)cc2)no1)c1ccccc1. The molecule has 0 unspecified atom stereocenters. The van der Waals surface area contributed by atoms with Gasteiger partial charge in [-0.25, -0.2) is 0 Å². The van der Waals surface area contributed by atoms with E-state index in [2.05, 4.69) is 15.5 Å². The molecular weight excluding hydrogens is 370 g/mol. The minimum Gasteiger partial charge on any atom is -0.333 e. The predicted molar refractivity (Wildman–Crippen MR) is 102 cm³/mol. The molecule has 4 aromatic rings. The Morgan fingerprint density at radius 1 is 1.04 bits per heavy atom. The summed E-state index contributed by atoms with van der Waals surface area (Å²) in [5.41, 5.74) is 2.02. The van der Waals surface area contributed by atoms with Gasteiger partial charge in [-0.2, -0.15) is 4.98 Å². The number of benzene rings is 2. The summed E-state index contributed by atoms with van der Waals surface area (Å²) in [4.78, 5) is 17.5. The number of amides is 1.